The van der Waals surface area contributed by atoms with Gasteiger partial charge in [0.05, 0.1) is 5.69 Å². The molecule has 0 amide bonds. The van der Waals surface area contributed by atoms with E-state index in [2.05, 4.69) is 35.4 Å². The Hall–Kier alpha value is -2.29. The number of piperidine rings is 1. The number of likely N-dealkylation sites (tertiary alicyclic amines) is 1. The van der Waals surface area contributed by atoms with Crippen LogP contribution in [0.4, 0.5) is 19.0 Å². The summed E-state index contributed by atoms with van der Waals surface area (Å²) in [7, 11) is 0. The van der Waals surface area contributed by atoms with E-state index in [4.69, 9.17) is 10.8 Å². The number of ether oxygens (including phenoxy) is 1. The highest BCUT2D eigenvalue weighted by atomic mass is 19.4. The van der Waals surface area contributed by atoms with Crippen molar-refractivity contribution in [2.45, 2.75) is 70.8 Å². The molecule has 4 atom stereocenters. The zero-order chi connectivity index (χ0) is 23.5. The first-order valence-corrected chi connectivity index (χ1v) is 12.0. The zero-order valence-corrected chi connectivity index (χ0v) is 19.3. The van der Waals surface area contributed by atoms with E-state index in [0.717, 1.165) is 5.92 Å². The first-order valence-electron chi connectivity index (χ1n) is 12.0. The van der Waals surface area contributed by atoms with Gasteiger partial charge in [0.15, 0.2) is 11.6 Å². The minimum Gasteiger partial charge on any atom is -0.402 e. The average molecular weight is 464 g/mol. The lowest BCUT2D eigenvalue weighted by atomic mass is 9.95. The Balaban J connectivity index is 1.34. The molecule has 0 aromatic carbocycles. The molecule has 2 aromatic heterocycles. The summed E-state index contributed by atoms with van der Waals surface area (Å²) in [6.45, 7) is 8.94. The lowest BCUT2D eigenvalue weighted by Crippen LogP contribution is -2.40. The zero-order valence-electron chi connectivity index (χ0n) is 19.3. The van der Waals surface area contributed by atoms with Gasteiger partial charge in [0.2, 0.25) is 0 Å². The molecular weight excluding hydrogens is 431 g/mol. The molecule has 3 heterocycles. The predicted octanol–water partition coefficient (Wildman–Crippen LogP) is 5.23. The van der Waals surface area contributed by atoms with E-state index in [-0.39, 0.29) is 11.9 Å². The van der Waals surface area contributed by atoms with Gasteiger partial charge in [-0.15, -0.1) is 13.2 Å². The first kappa shape index (κ1) is 22.5. The van der Waals surface area contributed by atoms with Gasteiger partial charge in [-0.1, -0.05) is 6.92 Å². The highest BCUT2D eigenvalue weighted by Gasteiger charge is 2.58. The van der Waals surface area contributed by atoms with E-state index in [0.29, 0.717) is 35.1 Å². The number of nitrogens with two attached hydrogens (primary N) is 1. The van der Waals surface area contributed by atoms with Gasteiger partial charge in [0.1, 0.15) is 0 Å². The molecule has 2 saturated carbocycles. The Morgan fingerprint density at radius 3 is 2.39 bits per heavy atom. The van der Waals surface area contributed by atoms with Crippen molar-refractivity contribution in [1.29, 1.82) is 0 Å². The van der Waals surface area contributed by atoms with E-state index in [1.807, 2.05) is 10.7 Å². The summed E-state index contributed by atoms with van der Waals surface area (Å²) in [6, 6.07) is 4.14. The lowest BCUT2D eigenvalue weighted by molar-refractivity contribution is -0.274. The summed E-state index contributed by atoms with van der Waals surface area (Å²) in [4.78, 5) is 6.60. The standard InChI is InChI=1S/C24H32F3N5O/c1-13(2)32-20(22-17-9-16(10-18(17)22)31-6-4-14(3)5-7-31)11-19(30-32)15-8-21(23(28)29-12-15)33-24(25,26)27/h8,11-14,16-18,22H,4-7,9-10H2,1-3H3,(H2,28,29)/t16?,17-,18+,22?. The third-order valence-corrected chi connectivity index (χ3v) is 7.75. The molecule has 0 radical (unpaired) electrons. The SMILES string of the molecule is CC1CCN(C2C[C@@H]3C(c4cc(-c5cnc(N)c(OC(F)(F)F)c5)nn4C(C)C)[C@@H]3C2)CC1. The summed E-state index contributed by atoms with van der Waals surface area (Å²) >= 11 is 0. The molecule has 33 heavy (non-hydrogen) atoms. The van der Waals surface area contributed by atoms with E-state index in [1.165, 1.54) is 56.7 Å². The number of hydrogen-bond acceptors (Lipinski definition) is 5. The lowest BCUT2D eigenvalue weighted by Gasteiger charge is -2.36. The van der Waals surface area contributed by atoms with Gasteiger partial charge in [-0.25, -0.2) is 4.98 Å². The minimum absolute atomic E-state index is 0.155. The van der Waals surface area contributed by atoms with Gasteiger partial charge < -0.3 is 15.4 Å². The monoisotopic (exact) mass is 463 g/mol. The summed E-state index contributed by atoms with van der Waals surface area (Å²) in [5.41, 5.74) is 7.84. The minimum atomic E-state index is -4.83. The van der Waals surface area contributed by atoms with Crippen LogP contribution in [0.1, 0.15) is 64.1 Å². The molecule has 180 valence electrons. The van der Waals surface area contributed by atoms with Crippen LogP contribution >= 0.6 is 0 Å². The molecule has 1 saturated heterocycles. The molecule has 0 bridgehead atoms. The summed E-state index contributed by atoms with van der Waals surface area (Å²) < 4.78 is 44.3. The Kier molecular flexibility index (Phi) is 5.58. The van der Waals surface area contributed by atoms with Gasteiger partial charge >= 0.3 is 6.36 Å². The highest BCUT2D eigenvalue weighted by Crippen LogP contribution is 2.64. The second-order valence-corrected chi connectivity index (χ2v) is 10.3. The Bertz CT molecular complexity index is 1000. The molecule has 2 unspecified atom stereocenters. The molecule has 6 nitrogen and oxygen atoms in total. The summed E-state index contributed by atoms with van der Waals surface area (Å²) in [5, 5.41) is 4.74. The van der Waals surface area contributed by atoms with E-state index >= 15 is 0 Å². The normalized spacial score (nSPS) is 28.3. The number of nitrogen functional groups attached to an aromatic ring is 1. The van der Waals surface area contributed by atoms with Crippen molar-refractivity contribution in [1.82, 2.24) is 19.7 Å². The Labute approximate surface area is 192 Å². The van der Waals surface area contributed by atoms with Gasteiger partial charge in [0, 0.05) is 35.5 Å². The number of hydrogen-bond donors (Lipinski definition) is 1. The molecule has 3 aliphatic rings. The van der Waals surface area contributed by atoms with Crippen molar-refractivity contribution in [3.8, 4) is 17.0 Å². The van der Waals surface area contributed by atoms with Crippen LogP contribution in [0.2, 0.25) is 0 Å². The Morgan fingerprint density at radius 1 is 1.12 bits per heavy atom. The maximum Gasteiger partial charge on any atom is 0.573 e. The molecule has 5 rings (SSSR count). The first-order chi connectivity index (χ1) is 15.6. The average Bonchev–Trinajstić information content (AvgIpc) is 3.09. The number of fused-ring (bicyclic) bond motifs is 1. The van der Waals surface area contributed by atoms with Gasteiger partial charge in [0.25, 0.3) is 0 Å². The number of rotatable bonds is 5. The number of aromatic nitrogens is 3. The molecule has 9 heteroatoms. The third kappa shape index (κ3) is 4.44. The van der Waals surface area contributed by atoms with E-state index < -0.39 is 12.1 Å². The fourth-order valence-electron chi connectivity index (χ4n) is 5.96. The number of anilines is 1. The number of pyridine rings is 1. The van der Waals surface area contributed by atoms with Crippen LogP contribution < -0.4 is 10.5 Å². The second-order valence-electron chi connectivity index (χ2n) is 10.3. The van der Waals surface area contributed by atoms with Crippen LogP contribution in [-0.2, 0) is 0 Å². The number of alkyl halides is 3. The predicted molar refractivity (Wildman–Crippen MR) is 120 cm³/mol. The molecule has 2 aliphatic carbocycles. The van der Waals surface area contributed by atoms with Gasteiger partial charge in [-0.05, 0) is 82.5 Å². The van der Waals surface area contributed by atoms with Crippen molar-refractivity contribution in [3.63, 3.8) is 0 Å². The number of nitrogens with zero attached hydrogens (tertiary/aromatic N) is 4. The highest BCUT2D eigenvalue weighted by molar-refractivity contribution is 5.64. The quantitative estimate of drug-likeness (QED) is 0.658. The largest absolute Gasteiger partial charge is 0.573 e. The smallest absolute Gasteiger partial charge is 0.402 e. The van der Waals surface area contributed by atoms with Crippen LogP contribution in [0.25, 0.3) is 11.3 Å². The molecular formula is C24H32F3N5O. The fraction of sp³-hybridized carbons (Fsp3) is 0.667. The molecule has 2 aromatic rings. The van der Waals surface area contributed by atoms with Gasteiger partial charge in [-0.2, -0.15) is 5.10 Å². The second kappa shape index (κ2) is 8.18. The van der Waals surface area contributed by atoms with Crippen LogP contribution in [-0.4, -0.2) is 45.2 Å². The van der Waals surface area contributed by atoms with Crippen molar-refractivity contribution in [2.24, 2.45) is 17.8 Å². The van der Waals surface area contributed by atoms with E-state index in [1.54, 1.807) is 0 Å². The third-order valence-electron chi connectivity index (χ3n) is 7.75. The van der Waals surface area contributed by atoms with Crippen LogP contribution in [0.15, 0.2) is 18.3 Å². The topological polar surface area (TPSA) is 69.2 Å². The maximum absolute atomic E-state index is 12.7. The molecule has 3 fully saturated rings. The summed E-state index contributed by atoms with van der Waals surface area (Å²) in [5.74, 6) is 1.86. The van der Waals surface area contributed by atoms with Crippen molar-refractivity contribution < 1.29 is 17.9 Å². The van der Waals surface area contributed by atoms with Crippen LogP contribution in [0.5, 0.6) is 5.75 Å². The van der Waals surface area contributed by atoms with Crippen molar-refractivity contribution >= 4 is 5.82 Å². The van der Waals surface area contributed by atoms with Crippen LogP contribution in [0, 0.1) is 17.8 Å². The van der Waals surface area contributed by atoms with Crippen molar-refractivity contribution in [2.75, 3.05) is 18.8 Å². The maximum atomic E-state index is 12.7. The molecule has 0 spiro atoms. The van der Waals surface area contributed by atoms with Crippen molar-refractivity contribution in [3.05, 3.63) is 24.0 Å². The Morgan fingerprint density at radius 2 is 1.79 bits per heavy atom. The number of halogens is 3. The molecule has 1 aliphatic heterocycles. The van der Waals surface area contributed by atoms with Gasteiger partial charge in [-0.3, -0.25) is 4.68 Å². The van der Waals surface area contributed by atoms with E-state index in [9.17, 15) is 13.2 Å². The molecule has 2 N–H and O–H groups in total. The van der Waals surface area contributed by atoms with Crippen LogP contribution in [0.3, 0.4) is 0 Å². The summed E-state index contributed by atoms with van der Waals surface area (Å²) in [6.07, 6.45) is 1.69. The fourth-order valence-corrected chi connectivity index (χ4v) is 5.96.